The van der Waals surface area contributed by atoms with Gasteiger partial charge in [0.15, 0.2) is 0 Å². The second-order valence-electron chi connectivity index (χ2n) is 4.07. The molecule has 1 fully saturated rings. The van der Waals surface area contributed by atoms with Gasteiger partial charge in [-0.2, -0.15) is 13.1 Å². The first kappa shape index (κ1) is 11.2. The number of benzene rings is 1. The topological polar surface area (TPSA) is 84.2 Å². The third-order valence-electron chi connectivity index (χ3n) is 2.42. The quantitative estimate of drug-likeness (QED) is 0.687. The first-order chi connectivity index (χ1) is 7.46. The highest BCUT2D eigenvalue weighted by atomic mass is 32.2. The predicted molar refractivity (Wildman–Crippen MR) is 64.3 cm³/mol. The van der Waals surface area contributed by atoms with Crippen molar-refractivity contribution in [2.75, 3.05) is 10.5 Å². The molecule has 1 aromatic carbocycles. The molecule has 0 saturated heterocycles. The van der Waals surface area contributed by atoms with Crippen molar-refractivity contribution in [3.8, 4) is 0 Å². The summed E-state index contributed by atoms with van der Waals surface area (Å²) in [6, 6.07) is 5.15. The van der Waals surface area contributed by atoms with E-state index in [0.29, 0.717) is 11.4 Å². The van der Waals surface area contributed by atoms with Crippen LogP contribution in [0.3, 0.4) is 0 Å². The normalized spacial score (nSPS) is 16.1. The van der Waals surface area contributed by atoms with Crippen LogP contribution in [-0.2, 0) is 10.2 Å². The Morgan fingerprint density at radius 1 is 1.38 bits per heavy atom. The number of hydrogen-bond donors (Lipinski definition) is 3. The summed E-state index contributed by atoms with van der Waals surface area (Å²) in [5, 5.41) is 0. The third kappa shape index (κ3) is 2.86. The predicted octanol–water partition coefficient (Wildman–Crippen LogP) is 0.986. The van der Waals surface area contributed by atoms with Gasteiger partial charge in [0.25, 0.3) is 10.2 Å². The van der Waals surface area contributed by atoms with Crippen LogP contribution in [-0.4, -0.2) is 14.5 Å². The van der Waals surface area contributed by atoms with E-state index in [1.807, 2.05) is 6.92 Å². The highest BCUT2D eigenvalue weighted by Crippen LogP contribution is 2.21. The molecule has 16 heavy (non-hydrogen) atoms. The molecule has 88 valence electrons. The molecule has 0 aliphatic heterocycles. The maximum atomic E-state index is 11.6. The summed E-state index contributed by atoms with van der Waals surface area (Å²) in [6.45, 7) is 1.83. The van der Waals surface area contributed by atoms with Crippen molar-refractivity contribution in [3.05, 3.63) is 23.8 Å². The van der Waals surface area contributed by atoms with E-state index in [0.717, 1.165) is 18.4 Å². The Kier molecular flexibility index (Phi) is 2.77. The van der Waals surface area contributed by atoms with Crippen molar-refractivity contribution < 1.29 is 8.42 Å². The zero-order chi connectivity index (χ0) is 11.8. The van der Waals surface area contributed by atoms with E-state index >= 15 is 0 Å². The van der Waals surface area contributed by atoms with Gasteiger partial charge in [-0.15, -0.1) is 0 Å². The Balaban J connectivity index is 2.10. The summed E-state index contributed by atoms with van der Waals surface area (Å²) in [5.41, 5.74) is 7.68. The number of rotatable bonds is 4. The average Bonchev–Trinajstić information content (AvgIpc) is 2.94. The van der Waals surface area contributed by atoms with E-state index in [4.69, 9.17) is 5.73 Å². The van der Waals surface area contributed by atoms with Crippen molar-refractivity contribution in [2.24, 2.45) is 0 Å². The fraction of sp³-hybridized carbons (Fsp3) is 0.400. The van der Waals surface area contributed by atoms with Gasteiger partial charge in [0.1, 0.15) is 0 Å². The van der Waals surface area contributed by atoms with Gasteiger partial charge in [-0.25, -0.2) is 0 Å². The van der Waals surface area contributed by atoms with Crippen LogP contribution in [0.15, 0.2) is 18.2 Å². The molecule has 1 aliphatic rings. The van der Waals surface area contributed by atoms with Crippen molar-refractivity contribution in [1.29, 1.82) is 0 Å². The Morgan fingerprint density at radius 2 is 2.06 bits per heavy atom. The highest BCUT2D eigenvalue weighted by molar-refractivity contribution is 7.90. The molecule has 0 spiro atoms. The number of anilines is 2. The zero-order valence-electron chi connectivity index (χ0n) is 9.03. The minimum atomic E-state index is -3.44. The minimum Gasteiger partial charge on any atom is -0.399 e. The maximum absolute atomic E-state index is 11.6. The third-order valence-corrected chi connectivity index (χ3v) is 3.57. The fourth-order valence-corrected chi connectivity index (χ4v) is 2.52. The maximum Gasteiger partial charge on any atom is 0.299 e. The first-order valence-electron chi connectivity index (χ1n) is 5.12. The smallest absolute Gasteiger partial charge is 0.299 e. The number of nitrogens with one attached hydrogen (secondary N) is 2. The Labute approximate surface area is 95.2 Å². The second kappa shape index (κ2) is 3.95. The highest BCUT2D eigenvalue weighted by Gasteiger charge is 2.26. The average molecular weight is 241 g/mol. The molecular weight excluding hydrogens is 226 g/mol. The van der Waals surface area contributed by atoms with Crippen LogP contribution in [0, 0.1) is 6.92 Å². The Bertz CT molecular complexity index is 495. The largest absolute Gasteiger partial charge is 0.399 e. The molecule has 0 aromatic heterocycles. The second-order valence-corrected chi connectivity index (χ2v) is 5.52. The lowest BCUT2D eigenvalue weighted by Gasteiger charge is -2.09. The van der Waals surface area contributed by atoms with E-state index in [-0.39, 0.29) is 6.04 Å². The lowest BCUT2D eigenvalue weighted by atomic mass is 10.2. The molecule has 5 nitrogen and oxygen atoms in total. The van der Waals surface area contributed by atoms with Gasteiger partial charge < -0.3 is 5.73 Å². The standard InChI is InChI=1S/C10H15N3O2S/c1-7-6-9(4-5-10(7)11)13-16(14,15)12-8-2-3-8/h4-6,8,12-13H,2-3,11H2,1H3. The number of aryl methyl sites for hydroxylation is 1. The van der Waals surface area contributed by atoms with E-state index in [1.54, 1.807) is 18.2 Å². The van der Waals surface area contributed by atoms with Crippen LogP contribution in [0.25, 0.3) is 0 Å². The molecule has 0 bridgehead atoms. The lowest BCUT2D eigenvalue weighted by molar-refractivity contribution is 0.586. The molecule has 0 atom stereocenters. The van der Waals surface area contributed by atoms with E-state index in [1.165, 1.54) is 0 Å². The van der Waals surface area contributed by atoms with Crippen molar-refractivity contribution in [3.63, 3.8) is 0 Å². The molecule has 6 heteroatoms. The lowest BCUT2D eigenvalue weighted by Crippen LogP contribution is -2.31. The molecule has 2 rings (SSSR count). The summed E-state index contributed by atoms with van der Waals surface area (Å²) in [5.74, 6) is 0. The van der Waals surface area contributed by atoms with Crippen molar-refractivity contribution in [1.82, 2.24) is 4.72 Å². The van der Waals surface area contributed by atoms with Gasteiger partial charge in [-0.05, 0) is 43.5 Å². The molecule has 0 radical (unpaired) electrons. The molecule has 0 heterocycles. The zero-order valence-corrected chi connectivity index (χ0v) is 9.84. The SMILES string of the molecule is Cc1cc(NS(=O)(=O)NC2CC2)ccc1N. The van der Waals surface area contributed by atoms with Crippen LogP contribution in [0.4, 0.5) is 11.4 Å². The molecule has 4 N–H and O–H groups in total. The minimum absolute atomic E-state index is 0.104. The van der Waals surface area contributed by atoms with Gasteiger partial charge in [0.2, 0.25) is 0 Å². The van der Waals surface area contributed by atoms with Gasteiger partial charge >= 0.3 is 0 Å². The van der Waals surface area contributed by atoms with Crippen LogP contribution < -0.4 is 15.2 Å². The number of nitrogens with two attached hydrogens (primary N) is 1. The summed E-state index contributed by atoms with van der Waals surface area (Å²) < 4.78 is 28.2. The van der Waals surface area contributed by atoms with Crippen molar-refractivity contribution in [2.45, 2.75) is 25.8 Å². The van der Waals surface area contributed by atoms with Crippen LogP contribution in [0.1, 0.15) is 18.4 Å². The Hall–Kier alpha value is -1.27. The fourth-order valence-electron chi connectivity index (χ4n) is 1.34. The van der Waals surface area contributed by atoms with E-state index in [9.17, 15) is 8.42 Å². The summed E-state index contributed by atoms with van der Waals surface area (Å²) in [6.07, 6.45) is 1.84. The molecule has 1 saturated carbocycles. The summed E-state index contributed by atoms with van der Waals surface area (Å²) in [7, 11) is -3.44. The van der Waals surface area contributed by atoms with Gasteiger partial charge in [0.05, 0.1) is 5.69 Å². The molecule has 0 unspecified atom stereocenters. The van der Waals surface area contributed by atoms with Gasteiger partial charge in [0, 0.05) is 11.7 Å². The van der Waals surface area contributed by atoms with E-state index < -0.39 is 10.2 Å². The first-order valence-corrected chi connectivity index (χ1v) is 6.61. The molecule has 1 aliphatic carbocycles. The van der Waals surface area contributed by atoms with Crippen molar-refractivity contribution >= 4 is 21.6 Å². The molecular formula is C10H15N3O2S. The van der Waals surface area contributed by atoms with Gasteiger partial charge in [-0.3, -0.25) is 4.72 Å². The number of hydrogen-bond acceptors (Lipinski definition) is 3. The van der Waals surface area contributed by atoms with Crippen LogP contribution in [0.2, 0.25) is 0 Å². The Morgan fingerprint density at radius 3 is 2.62 bits per heavy atom. The van der Waals surface area contributed by atoms with Crippen LogP contribution in [0.5, 0.6) is 0 Å². The molecule has 0 amide bonds. The summed E-state index contributed by atoms with van der Waals surface area (Å²) >= 11 is 0. The summed E-state index contributed by atoms with van der Waals surface area (Å²) in [4.78, 5) is 0. The molecule has 1 aromatic rings. The van der Waals surface area contributed by atoms with Crippen LogP contribution >= 0.6 is 0 Å². The number of nitrogen functional groups attached to an aromatic ring is 1. The monoisotopic (exact) mass is 241 g/mol. The van der Waals surface area contributed by atoms with Gasteiger partial charge in [-0.1, -0.05) is 0 Å². The van der Waals surface area contributed by atoms with E-state index in [2.05, 4.69) is 9.44 Å².